The average molecular weight is 460 g/mol. The summed E-state index contributed by atoms with van der Waals surface area (Å²) >= 11 is 6.53. The molecule has 166 valence electrons. The Bertz CT molecular complexity index is 1470. The molecule has 3 aromatic heterocycles. The van der Waals surface area contributed by atoms with Gasteiger partial charge in [-0.05, 0) is 31.6 Å². The van der Waals surface area contributed by atoms with Gasteiger partial charge in [0.15, 0.2) is 0 Å². The predicted molar refractivity (Wildman–Crippen MR) is 129 cm³/mol. The van der Waals surface area contributed by atoms with E-state index in [4.69, 9.17) is 17.3 Å². The Kier molecular flexibility index (Phi) is 5.27. The van der Waals surface area contributed by atoms with E-state index < -0.39 is 0 Å². The van der Waals surface area contributed by atoms with E-state index in [9.17, 15) is 4.79 Å². The van der Waals surface area contributed by atoms with Crippen molar-refractivity contribution in [2.24, 2.45) is 0 Å². The van der Waals surface area contributed by atoms with Crippen LogP contribution in [0.25, 0.3) is 22.1 Å². The maximum absolute atomic E-state index is 12.0. The minimum absolute atomic E-state index is 0.0687. The molecule has 4 aromatic rings. The van der Waals surface area contributed by atoms with Crippen LogP contribution in [0.3, 0.4) is 0 Å². The Morgan fingerprint density at radius 2 is 2.12 bits per heavy atom. The van der Waals surface area contributed by atoms with Crippen LogP contribution in [0.4, 0.5) is 5.82 Å². The van der Waals surface area contributed by atoms with Crippen molar-refractivity contribution in [2.75, 3.05) is 18.8 Å². The van der Waals surface area contributed by atoms with E-state index in [1.54, 1.807) is 11.2 Å². The second-order valence-corrected chi connectivity index (χ2v) is 8.35. The van der Waals surface area contributed by atoms with Gasteiger partial charge in [0.25, 0.3) is 0 Å². The summed E-state index contributed by atoms with van der Waals surface area (Å²) in [6, 6.07) is 3.85. The van der Waals surface area contributed by atoms with Crippen LogP contribution in [-0.2, 0) is 11.3 Å². The molecule has 1 aromatic carbocycles. The predicted octanol–water partition coefficient (Wildman–Crippen LogP) is 3.40. The lowest BCUT2D eigenvalue weighted by molar-refractivity contribution is -0.125. The molecule has 0 aliphatic carbocycles. The highest BCUT2D eigenvalue weighted by molar-refractivity contribution is 6.32. The summed E-state index contributed by atoms with van der Waals surface area (Å²) in [6.45, 7) is 7.70. The van der Waals surface area contributed by atoms with Gasteiger partial charge in [-0.1, -0.05) is 30.0 Å². The third-order valence-electron chi connectivity index (χ3n) is 6.06. The van der Waals surface area contributed by atoms with Crippen molar-refractivity contribution in [1.29, 1.82) is 0 Å². The molecule has 2 N–H and O–H groups in total. The van der Waals surface area contributed by atoms with Gasteiger partial charge in [0.05, 0.1) is 39.4 Å². The number of aromatic nitrogens is 5. The van der Waals surface area contributed by atoms with Crippen molar-refractivity contribution < 1.29 is 4.79 Å². The number of halogens is 1. The first-order valence-electron chi connectivity index (χ1n) is 10.7. The molecule has 1 amide bonds. The summed E-state index contributed by atoms with van der Waals surface area (Å²) in [5.74, 6) is 6.68. The molecule has 0 bridgehead atoms. The van der Waals surface area contributed by atoms with Gasteiger partial charge in [-0.3, -0.25) is 4.79 Å². The van der Waals surface area contributed by atoms with E-state index in [2.05, 4.69) is 40.3 Å². The number of benzene rings is 1. The zero-order valence-corrected chi connectivity index (χ0v) is 18.9. The molecule has 1 saturated heterocycles. The van der Waals surface area contributed by atoms with Gasteiger partial charge in [0.2, 0.25) is 5.91 Å². The van der Waals surface area contributed by atoms with E-state index in [0.29, 0.717) is 46.1 Å². The molecule has 1 aliphatic rings. The van der Waals surface area contributed by atoms with Crippen LogP contribution in [-0.4, -0.2) is 48.0 Å². The van der Waals surface area contributed by atoms with Gasteiger partial charge in [-0.25, -0.2) is 15.0 Å². The number of carbonyl (C=O) groups excluding carboxylic acids is 1. The highest BCUT2D eigenvalue weighted by Gasteiger charge is 2.28. The summed E-state index contributed by atoms with van der Waals surface area (Å²) in [4.78, 5) is 26.9. The third-order valence-corrected chi connectivity index (χ3v) is 6.38. The Hall–Kier alpha value is -3.83. The smallest absolute Gasteiger partial charge is 0.246 e. The second-order valence-electron chi connectivity index (χ2n) is 7.94. The number of nitrogens with zero attached hydrogens (tertiary/aromatic N) is 6. The van der Waals surface area contributed by atoms with E-state index in [1.807, 2.05) is 27.5 Å². The molecule has 0 spiro atoms. The van der Waals surface area contributed by atoms with Crippen molar-refractivity contribution in [2.45, 2.75) is 25.9 Å². The molecule has 1 atom stereocenters. The zero-order valence-electron chi connectivity index (χ0n) is 18.1. The number of amides is 1. The lowest BCUT2D eigenvalue weighted by Crippen LogP contribution is -2.27. The number of nitrogen functional groups attached to an aromatic ring is 1. The number of nitrogens with two attached hydrogens (primary N) is 1. The van der Waals surface area contributed by atoms with Crippen molar-refractivity contribution in [1.82, 2.24) is 29.0 Å². The maximum Gasteiger partial charge on any atom is 0.246 e. The molecular formula is C24H22ClN7O. The third kappa shape index (κ3) is 3.60. The van der Waals surface area contributed by atoms with Gasteiger partial charge >= 0.3 is 0 Å². The Morgan fingerprint density at radius 3 is 2.91 bits per heavy atom. The number of aryl methyl sites for hydroxylation is 1. The fraction of sp³-hybridized carbons (Fsp3) is 0.250. The van der Waals surface area contributed by atoms with Crippen LogP contribution in [0.2, 0.25) is 5.02 Å². The quantitative estimate of drug-likeness (QED) is 0.374. The molecule has 4 heterocycles. The van der Waals surface area contributed by atoms with E-state index in [-0.39, 0.29) is 11.9 Å². The van der Waals surface area contributed by atoms with Gasteiger partial charge in [-0.2, -0.15) is 0 Å². The largest absolute Gasteiger partial charge is 0.383 e. The van der Waals surface area contributed by atoms with E-state index in [0.717, 1.165) is 24.0 Å². The molecule has 9 heteroatoms. The minimum Gasteiger partial charge on any atom is -0.383 e. The van der Waals surface area contributed by atoms with Crippen LogP contribution in [0.15, 0.2) is 43.6 Å². The molecular weight excluding hydrogens is 438 g/mol. The summed E-state index contributed by atoms with van der Waals surface area (Å²) in [5, 5.41) is 1.26. The molecule has 33 heavy (non-hydrogen) atoms. The zero-order chi connectivity index (χ0) is 23.1. The van der Waals surface area contributed by atoms with E-state index in [1.165, 1.54) is 12.4 Å². The summed E-state index contributed by atoms with van der Waals surface area (Å²) in [6.07, 6.45) is 7.33. The molecule has 5 rings (SSSR count). The van der Waals surface area contributed by atoms with Crippen LogP contribution in [0, 0.1) is 11.8 Å². The van der Waals surface area contributed by atoms with Crippen LogP contribution in [0.1, 0.15) is 30.5 Å². The molecule has 8 nitrogen and oxygen atoms in total. The Balaban J connectivity index is 1.56. The molecule has 0 unspecified atom stereocenters. The molecule has 0 radical (unpaired) electrons. The Morgan fingerprint density at radius 1 is 1.30 bits per heavy atom. The number of hydrogen-bond acceptors (Lipinski definition) is 5. The van der Waals surface area contributed by atoms with Crippen LogP contribution >= 0.6 is 11.6 Å². The fourth-order valence-corrected chi connectivity index (χ4v) is 4.55. The summed E-state index contributed by atoms with van der Waals surface area (Å²) in [7, 11) is 0. The molecule has 1 fully saturated rings. The van der Waals surface area contributed by atoms with Gasteiger partial charge in [-0.15, -0.1) is 0 Å². The Labute approximate surface area is 195 Å². The lowest BCUT2D eigenvalue weighted by Gasteiger charge is -2.15. The van der Waals surface area contributed by atoms with E-state index >= 15 is 0 Å². The van der Waals surface area contributed by atoms with Crippen LogP contribution < -0.4 is 5.73 Å². The van der Waals surface area contributed by atoms with Gasteiger partial charge in [0, 0.05) is 31.4 Å². The molecule has 0 saturated carbocycles. The van der Waals surface area contributed by atoms with Crippen LogP contribution in [0.5, 0.6) is 0 Å². The first-order chi connectivity index (χ1) is 16.0. The maximum atomic E-state index is 12.0. The van der Waals surface area contributed by atoms with Crippen molar-refractivity contribution >= 4 is 45.4 Å². The number of rotatable bonds is 3. The molecule has 1 aliphatic heterocycles. The first-order valence-corrected chi connectivity index (χ1v) is 11.1. The monoisotopic (exact) mass is 459 g/mol. The number of hydrogen-bond donors (Lipinski definition) is 1. The number of fused-ring (bicyclic) bond motifs is 2. The first kappa shape index (κ1) is 21.0. The second kappa shape index (κ2) is 8.26. The lowest BCUT2D eigenvalue weighted by atomic mass is 10.1. The van der Waals surface area contributed by atoms with Gasteiger partial charge in [0.1, 0.15) is 17.8 Å². The SMILES string of the molecule is C=CC(=O)N1CC[C@H](n2cc(C#Cc3cc4ncn(CC)c4cc3Cl)c3c(N)ncnc32)C1. The van der Waals surface area contributed by atoms with Gasteiger partial charge < -0.3 is 19.8 Å². The van der Waals surface area contributed by atoms with Crippen molar-refractivity contribution in [3.8, 4) is 11.8 Å². The normalized spacial score (nSPS) is 15.7. The highest BCUT2D eigenvalue weighted by Crippen LogP contribution is 2.31. The number of anilines is 1. The average Bonchev–Trinajstić information content (AvgIpc) is 3.54. The fourth-order valence-electron chi connectivity index (χ4n) is 4.34. The number of likely N-dealkylation sites (tertiary alicyclic amines) is 1. The summed E-state index contributed by atoms with van der Waals surface area (Å²) in [5.41, 5.74) is 10.1. The number of carbonyl (C=O) groups is 1. The topological polar surface area (TPSA) is 94.9 Å². The van der Waals surface area contributed by atoms with Crippen molar-refractivity contribution in [3.63, 3.8) is 0 Å². The highest BCUT2D eigenvalue weighted by atomic mass is 35.5. The number of imidazole rings is 1. The summed E-state index contributed by atoms with van der Waals surface area (Å²) < 4.78 is 4.08. The van der Waals surface area contributed by atoms with Crippen molar-refractivity contribution in [3.05, 3.63) is 59.8 Å². The standard InChI is InChI=1S/C24H22ClN7O/c1-3-21(33)31-8-7-17(12-31)32-11-16(22-23(26)27-13-28-24(22)32)6-5-15-9-19-20(10-18(15)25)30(4-2)14-29-19/h3,9-11,13-14,17H,1,4,7-8,12H2,2H3,(H2,26,27,28)/t17-/m0/s1. The minimum atomic E-state index is -0.0707.